The fourth-order valence-corrected chi connectivity index (χ4v) is 5.96. The van der Waals surface area contributed by atoms with Crippen molar-refractivity contribution in [2.75, 3.05) is 42.9 Å². The molecule has 1 amide bonds. The van der Waals surface area contributed by atoms with E-state index < -0.39 is 20.0 Å². The second-order valence-corrected chi connectivity index (χ2v) is 11.8. The van der Waals surface area contributed by atoms with Gasteiger partial charge in [-0.15, -0.1) is 0 Å². The van der Waals surface area contributed by atoms with Crippen LogP contribution in [0.2, 0.25) is 5.02 Å². The van der Waals surface area contributed by atoms with Gasteiger partial charge in [-0.3, -0.25) is 14.2 Å². The summed E-state index contributed by atoms with van der Waals surface area (Å²) >= 11 is 5.90. The topological polar surface area (TPSA) is 131 Å². The van der Waals surface area contributed by atoms with Crippen molar-refractivity contribution in [1.29, 1.82) is 0 Å². The lowest BCUT2D eigenvalue weighted by molar-refractivity contribution is 0.0300. The molecule has 0 aliphatic carbocycles. The van der Waals surface area contributed by atoms with Crippen LogP contribution in [0.4, 0.5) is 11.4 Å². The number of nitrogens with zero attached hydrogens (tertiary/aromatic N) is 1. The number of anilines is 2. The van der Waals surface area contributed by atoms with Crippen LogP contribution in [0.1, 0.15) is 10.4 Å². The van der Waals surface area contributed by atoms with Crippen molar-refractivity contribution in [3.05, 3.63) is 77.3 Å². The van der Waals surface area contributed by atoms with Gasteiger partial charge in [-0.25, -0.2) is 16.8 Å². The number of ether oxygens (including phenoxy) is 2. The molecule has 0 atom stereocenters. The molecule has 3 aromatic carbocycles. The van der Waals surface area contributed by atoms with E-state index in [0.717, 1.165) is 0 Å². The molecule has 2 N–H and O–H groups in total. The number of hydrogen-bond donors (Lipinski definition) is 2. The van der Waals surface area contributed by atoms with Gasteiger partial charge in [0.2, 0.25) is 0 Å². The zero-order valence-corrected chi connectivity index (χ0v) is 22.1. The van der Waals surface area contributed by atoms with Crippen LogP contribution in [-0.4, -0.2) is 61.1 Å². The Bertz CT molecular complexity index is 1510. The Morgan fingerprint density at radius 2 is 1.49 bits per heavy atom. The number of methoxy groups -OCH3 is 1. The first kappa shape index (κ1) is 26.7. The van der Waals surface area contributed by atoms with E-state index in [0.29, 0.717) is 37.0 Å². The van der Waals surface area contributed by atoms with Crippen LogP contribution in [0, 0.1) is 0 Å². The average molecular weight is 566 g/mol. The first-order valence-electron chi connectivity index (χ1n) is 11.1. The van der Waals surface area contributed by atoms with Crippen LogP contribution < -0.4 is 14.2 Å². The smallest absolute Gasteiger partial charge is 0.261 e. The molecule has 1 saturated heterocycles. The maximum Gasteiger partial charge on any atom is 0.261 e. The first-order valence-corrected chi connectivity index (χ1v) is 14.4. The number of benzene rings is 3. The molecule has 13 heteroatoms. The zero-order valence-electron chi connectivity index (χ0n) is 19.7. The van der Waals surface area contributed by atoms with E-state index in [-0.39, 0.29) is 32.7 Å². The first-order chi connectivity index (χ1) is 17.6. The molecule has 1 aliphatic heterocycles. The maximum atomic E-state index is 13.1. The number of sulfonamides is 2. The van der Waals surface area contributed by atoms with Gasteiger partial charge in [-0.2, -0.15) is 0 Å². The lowest BCUT2D eigenvalue weighted by Gasteiger charge is -2.27. The second-order valence-electron chi connectivity index (χ2n) is 8.01. The minimum Gasteiger partial charge on any atom is -0.496 e. The SMILES string of the molecule is COc1ccc(S(=O)(=O)Nc2ccc(S(=O)(=O)Nc3cccc(Cl)c3)cc2)cc1C(=O)N1CCOCC1. The molecule has 1 heterocycles. The van der Waals surface area contributed by atoms with Gasteiger partial charge in [0.15, 0.2) is 0 Å². The molecule has 0 unspecified atom stereocenters. The van der Waals surface area contributed by atoms with Crippen LogP contribution in [-0.2, 0) is 24.8 Å². The number of rotatable bonds is 8. The molecule has 0 radical (unpaired) electrons. The number of carbonyl (C=O) groups excluding carboxylic acids is 1. The standard InChI is InChI=1S/C24H24ClN3O7S2/c1-34-23-10-9-21(16-22(23)24(29)28-11-13-35-14-12-28)37(32,33)26-18-5-7-20(8-6-18)36(30,31)27-19-4-2-3-17(25)15-19/h2-10,15-16,26-27H,11-14H2,1H3. The van der Waals surface area contributed by atoms with Crippen LogP contribution in [0.15, 0.2) is 76.5 Å². The summed E-state index contributed by atoms with van der Waals surface area (Å²) in [7, 11) is -6.64. The van der Waals surface area contributed by atoms with Gasteiger partial charge in [0.25, 0.3) is 26.0 Å². The molecule has 4 rings (SSSR count). The minimum atomic E-state index is -4.11. The van der Waals surface area contributed by atoms with Crippen LogP contribution in [0.5, 0.6) is 5.75 Å². The fraction of sp³-hybridized carbons (Fsp3) is 0.208. The highest BCUT2D eigenvalue weighted by Gasteiger charge is 2.25. The summed E-state index contributed by atoms with van der Waals surface area (Å²) in [6, 6.07) is 15.4. The fourth-order valence-electron chi connectivity index (χ4n) is 3.64. The summed E-state index contributed by atoms with van der Waals surface area (Å²) in [5.41, 5.74) is 0.540. The second kappa shape index (κ2) is 11.0. The molecule has 37 heavy (non-hydrogen) atoms. The number of halogens is 1. The third-order valence-corrected chi connectivity index (χ3v) is 8.51. The molecule has 196 valence electrons. The van der Waals surface area contributed by atoms with Gasteiger partial charge >= 0.3 is 0 Å². The number of amides is 1. The molecule has 1 fully saturated rings. The minimum absolute atomic E-state index is 0.0711. The van der Waals surface area contributed by atoms with Gasteiger partial charge in [0, 0.05) is 23.8 Å². The number of carbonyl (C=O) groups is 1. The molecular formula is C24H24ClN3O7S2. The Morgan fingerprint density at radius 3 is 2.14 bits per heavy atom. The lowest BCUT2D eigenvalue weighted by atomic mass is 10.1. The van der Waals surface area contributed by atoms with E-state index in [4.69, 9.17) is 21.1 Å². The summed E-state index contributed by atoms with van der Waals surface area (Å²) in [5.74, 6) is -0.115. The Balaban J connectivity index is 1.53. The van der Waals surface area contributed by atoms with Crippen molar-refractivity contribution in [3.63, 3.8) is 0 Å². The summed E-state index contributed by atoms with van der Waals surface area (Å²) in [6.45, 7) is 1.57. The van der Waals surface area contributed by atoms with E-state index in [2.05, 4.69) is 9.44 Å². The van der Waals surface area contributed by atoms with Crippen molar-refractivity contribution in [2.24, 2.45) is 0 Å². The van der Waals surface area contributed by atoms with E-state index in [9.17, 15) is 21.6 Å². The maximum absolute atomic E-state index is 13.1. The van der Waals surface area contributed by atoms with Gasteiger partial charge < -0.3 is 14.4 Å². The predicted octanol–water partition coefficient (Wildman–Crippen LogP) is 3.42. The van der Waals surface area contributed by atoms with E-state index in [1.54, 1.807) is 23.1 Å². The Hall–Kier alpha value is -3.32. The van der Waals surface area contributed by atoms with E-state index in [1.165, 1.54) is 55.6 Å². The number of hydrogen-bond acceptors (Lipinski definition) is 7. The van der Waals surface area contributed by atoms with E-state index >= 15 is 0 Å². The zero-order chi connectivity index (χ0) is 26.6. The normalized spacial score (nSPS) is 14.2. The highest BCUT2D eigenvalue weighted by atomic mass is 35.5. The van der Waals surface area contributed by atoms with Gasteiger partial charge in [-0.05, 0) is 60.7 Å². The number of morpholine rings is 1. The highest BCUT2D eigenvalue weighted by molar-refractivity contribution is 7.93. The van der Waals surface area contributed by atoms with Crippen molar-refractivity contribution in [1.82, 2.24) is 4.90 Å². The molecule has 0 spiro atoms. The van der Waals surface area contributed by atoms with Crippen molar-refractivity contribution < 1.29 is 31.1 Å². The molecule has 0 bridgehead atoms. The molecular weight excluding hydrogens is 542 g/mol. The molecule has 0 aromatic heterocycles. The number of nitrogens with one attached hydrogen (secondary N) is 2. The molecule has 1 aliphatic rings. The summed E-state index contributed by atoms with van der Waals surface area (Å²) in [4.78, 5) is 14.4. The third kappa shape index (κ3) is 6.34. The molecule has 10 nitrogen and oxygen atoms in total. The van der Waals surface area contributed by atoms with Crippen LogP contribution in [0.25, 0.3) is 0 Å². The van der Waals surface area contributed by atoms with Gasteiger partial charge in [-0.1, -0.05) is 17.7 Å². The summed E-state index contributed by atoms with van der Waals surface area (Å²) in [6.07, 6.45) is 0. The van der Waals surface area contributed by atoms with Crippen molar-refractivity contribution in [2.45, 2.75) is 9.79 Å². The van der Waals surface area contributed by atoms with Gasteiger partial charge in [0.05, 0.1) is 41.4 Å². The molecule has 0 saturated carbocycles. The highest BCUT2D eigenvalue weighted by Crippen LogP contribution is 2.27. The van der Waals surface area contributed by atoms with Crippen molar-refractivity contribution in [3.8, 4) is 5.75 Å². The quantitative estimate of drug-likeness (QED) is 0.428. The Kier molecular flexibility index (Phi) is 7.93. The average Bonchev–Trinajstić information content (AvgIpc) is 2.88. The Morgan fingerprint density at radius 1 is 0.865 bits per heavy atom. The summed E-state index contributed by atoms with van der Waals surface area (Å²) < 4.78 is 66.9. The van der Waals surface area contributed by atoms with Crippen LogP contribution >= 0.6 is 11.6 Å². The van der Waals surface area contributed by atoms with Gasteiger partial charge in [0.1, 0.15) is 5.75 Å². The van der Waals surface area contributed by atoms with Crippen LogP contribution in [0.3, 0.4) is 0 Å². The monoisotopic (exact) mass is 565 g/mol. The molecule has 3 aromatic rings. The summed E-state index contributed by atoms with van der Waals surface area (Å²) in [5, 5.41) is 0.373. The Labute approximate surface area is 220 Å². The lowest BCUT2D eigenvalue weighted by Crippen LogP contribution is -2.40. The predicted molar refractivity (Wildman–Crippen MR) is 139 cm³/mol. The largest absolute Gasteiger partial charge is 0.496 e. The van der Waals surface area contributed by atoms with E-state index in [1.807, 2.05) is 0 Å². The van der Waals surface area contributed by atoms with Crippen molar-refractivity contribution >= 4 is 48.9 Å². The third-order valence-electron chi connectivity index (χ3n) is 5.50.